The Morgan fingerprint density at radius 3 is 2.61 bits per heavy atom. The van der Waals surface area contributed by atoms with Crippen molar-refractivity contribution in [3.63, 3.8) is 0 Å². The molecule has 0 aromatic heterocycles. The quantitative estimate of drug-likeness (QED) is 0.522. The number of nitrogens with one attached hydrogen (secondary N) is 2. The fraction of sp³-hybridized carbons (Fsp3) is 0.562. The molecule has 1 rings (SSSR count). The van der Waals surface area contributed by atoms with Crippen LogP contribution in [0.3, 0.4) is 0 Å². The van der Waals surface area contributed by atoms with E-state index in [1.807, 2.05) is 31.2 Å². The molecule has 0 radical (unpaired) electrons. The van der Waals surface area contributed by atoms with Gasteiger partial charge in [0.15, 0.2) is 15.8 Å². The Kier molecular flexibility index (Phi) is 8.47. The van der Waals surface area contributed by atoms with Crippen LogP contribution in [0.1, 0.15) is 19.4 Å². The summed E-state index contributed by atoms with van der Waals surface area (Å²) in [5.74, 6) is 1.73. The zero-order valence-corrected chi connectivity index (χ0v) is 14.9. The van der Waals surface area contributed by atoms with Gasteiger partial charge in [-0.05, 0) is 25.0 Å². The fourth-order valence-corrected chi connectivity index (χ4v) is 2.67. The number of methoxy groups -OCH3 is 1. The highest BCUT2D eigenvalue weighted by Crippen LogP contribution is 2.17. The van der Waals surface area contributed by atoms with Gasteiger partial charge in [-0.15, -0.1) is 0 Å². The third-order valence-electron chi connectivity index (χ3n) is 3.34. The van der Waals surface area contributed by atoms with Crippen LogP contribution in [-0.2, 0) is 16.3 Å². The maximum atomic E-state index is 11.5. The normalized spacial score (nSPS) is 12.0. The number of para-hydroxylation sites is 1. The third-order valence-corrected chi connectivity index (χ3v) is 5.02. The van der Waals surface area contributed by atoms with Crippen molar-refractivity contribution in [2.24, 2.45) is 4.99 Å². The summed E-state index contributed by atoms with van der Waals surface area (Å²) in [6, 6.07) is 7.88. The molecule has 130 valence electrons. The first-order valence-electron chi connectivity index (χ1n) is 7.87. The van der Waals surface area contributed by atoms with Gasteiger partial charge in [0.1, 0.15) is 5.75 Å². The van der Waals surface area contributed by atoms with Gasteiger partial charge in [-0.1, -0.05) is 25.1 Å². The highest BCUT2D eigenvalue weighted by Gasteiger charge is 2.07. The summed E-state index contributed by atoms with van der Waals surface area (Å²) in [6.45, 7) is 5.30. The molecule has 0 aliphatic rings. The lowest BCUT2D eigenvalue weighted by molar-refractivity contribution is 0.409. The van der Waals surface area contributed by atoms with Crippen LogP contribution in [-0.4, -0.2) is 52.6 Å². The van der Waals surface area contributed by atoms with Crippen LogP contribution >= 0.6 is 0 Å². The Morgan fingerprint density at radius 1 is 1.22 bits per heavy atom. The lowest BCUT2D eigenvalue weighted by atomic mass is 10.1. The minimum absolute atomic E-state index is 0.0760. The molecular weight excluding hydrogens is 314 g/mol. The molecule has 23 heavy (non-hydrogen) atoms. The van der Waals surface area contributed by atoms with Crippen molar-refractivity contribution in [2.45, 2.75) is 20.3 Å². The molecule has 0 spiro atoms. The topological polar surface area (TPSA) is 79.8 Å². The van der Waals surface area contributed by atoms with Gasteiger partial charge in [-0.3, -0.25) is 4.99 Å². The molecule has 0 saturated heterocycles. The molecule has 0 unspecified atom stereocenters. The van der Waals surface area contributed by atoms with Crippen molar-refractivity contribution in [1.29, 1.82) is 0 Å². The molecule has 2 N–H and O–H groups in total. The average molecular weight is 341 g/mol. The van der Waals surface area contributed by atoms with Crippen molar-refractivity contribution in [2.75, 3.05) is 38.2 Å². The molecule has 0 amide bonds. The molecule has 0 fully saturated rings. The zero-order valence-electron chi connectivity index (χ0n) is 14.1. The van der Waals surface area contributed by atoms with Crippen LogP contribution in [0.2, 0.25) is 0 Å². The summed E-state index contributed by atoms with van der Waals surface area (Å²) in [7, 11) is -1.32. The Balaban J connectivity index is 2.52. The Morgan fingerprint density at radius 2 is 1.96 bits per heavy atom. The lowest BCUT2D eigenvalue weighted by Crippen LogP contribution is -2.38. The van der Waals surface area contributed by atoms with Gasteiger partial charge in [0.25, 0.3) is 0 Å². The van der Waals surface area contributed by atoms with E-state index in [0.29, 0.717) is 12.5 Å². The van der Waals surface area contributed by atoms with Gasteiger partial charge in [0.05, 0.1) is 19.4 Å². The summed E-state index contributed by atoms with van der Waals surface area (Å²) < 4.78 is 28.3. The van der Waals surface area contributed by atoms with E-state index in [0.717, 1.165) is 24.3 Å². The van der Waals surface area contributed by atoms with E-state index in [-0.39, 0.29) is 18.1 Å². The van der Waals surface area contributed by atoms with E-state index >= 15 is 0 Å². The molecule has 6 nitrogen and oxygen atoms in total. The Hall–Kier alpha value is -1.76. The first-order chi connectivity index (χ1) is 11.0. The second kappa shape index (κ2) is 10.1. The molecule has 0 heterocycles. The molecule has 7 heteroatoms. The van der Waals surface area contributed by atoms with E-state index < -0.39 is 9.84 Å². The second-order valence-electron chi connectivity index (χ2n) is 4.99. The number of hydrogen-bond donors (Lipinski definition) is 2. The van der Waals surface area contributed by atoms with Gasteiger partial charge in [-0.25, -0.2) is 8.42 Å². The van der Waals surface area contributed by atoms with Gasteiger partial charge in [0.2, 0.25) is 0 Å². The van der Waals surface area contributed by atoms with E-state index in [1.54, 1.807) is 14.0 Å². The number of rotatable bonds is 9. The van der Waals surface area contributed by atoms with Gasteiger partial charge in [0, 0.05) is 18.8 Å². The highest BCUT2D eigenvalue weighted by molar-refractivity contribution is 7.91. The van der Waals surface area contributed by atoms with Crippen LogP contribution < -0.4 is 15.4 Å². The van der Waals surface area contributed by atoms with E-state index in [2.05, 4.69) is 15.6 Å². The molecule has 1 aromatic carbocycles. The molecule has 0 atom stereocenters. The average Bonchev–Trinajstić information content (AvgIpc) is 2.55. The SMILES string of the molecule is CCNC(=NCCS(=O)(=O)CC)NCCc1ccccc1OC. The van der Waals surface area contributed by atoms with Crippen LogP contribution in [0.4, 0.5) is 0 Å². The lowest BCUT2D eigenvalue weighted by Gasteiger charge is -2.12. The van der Waals surface area contributed by atoms with Crippen molar-refractivity contribution >= 4 is 15.8 Å². The maximum Gasteiger partial charge on any atom is 0.191 e. The third kappa shape index (κ3) is 7.36. The van der Waals surface area contributed by atoms with Crippen molar-refractivity contribution in [3.05, 3.63) is 29.8 Å². The number of ether oxygens (including phenoxy) is 1. The number of aliphatic imine (C=N–C) groups is 1. The summed E-state index contributed by atoms with van der Waals surface area (Å²) in [5, 5.41) is 6.33. The second-order valence-corrected chi connectivity index (χ2v) is 7.46. The number of sulfone groups is 1. The van der Waals surface area contributed by atoms with Crippen molar-refractivity contribution in [1.82, 2.24) is 10.6 Å². The van der Waals surface area contributed by atoms with Crippen LogP contribution in [0.15, 0.2) is 29.3 Å². The fourth-order valence-electron chi connectivity index (χ4n) is 2.01. The summed E-state index contributed by atoms with van der Waals surface area (Å²) >= 11 is 0. The molecule has 0 aliphatic carbocycles. The van der Waals surface area contributed by atoms with Crippen molar-refractivity contribution < 1.29 is 13.2 Å². The van der Waals surface area contributed by atoms with Gasteiger partial charge >= 0.3 is 0 Å². The predicted molar refractivity (Wildman–Crippen MR) is 95.0 cm³/mol. The minimum atomic E-state index is -2.98. The standard InChI is InChI=1S/C16H27N3O3S/c1-4-17-16(19-12-13-23(20,21)5-2)18-11-10-14-8-6-7-9-15(14)22-3/h6-9H,4-5,10-13H2,1-3H3,(H2,17,18,19). The molecule has 0 saturated carbocycles. The van der Waals surface area contributed by atoms with Crippen LogP contribution in [0, 0.1) is 0 Å². The van der Waals surface area contributed by atoms with Crippen molar-refractivity contribution in [3.8, 4) is 5.75 Å². The highest BCUT2D eigenvalue weighted by atomic mass is 32.2. The summed E-state index contributed by atoms with van der Waals surface area (Å²) in [5.41, 5.74) is 1.12. The predicted octanol–water partition coefficient (Wildman–Crippen LogP) is 1.23. The first kappa shape index (κ1) is 19.3. The van der Waals surface area contributed by atoms with E-state index in [4.69, 9.17) is 4.74 Å². The smallest absolute Gasteiger partial charge is 0.191 e. The largest absolute Gasteiger partial charge is 0.496 e. The molecule has 0 bridgehead atoms. The number of hydrogen-bond acceptors (Lipinski definition) is 4. The van der Waals surface area contributed by atoms with Crippen LogP contribution in [0.25, 0.3) is 0 Å². The number of nitrogens with zero attached hydrogens (tertiary/aromatic N) is 1. The minimum Gasteiger partial charge on any atom is -0.496 e. The zero-order chi connectivity index (χ0) is 17.1. The molecule has 0 aliphatic heterocycles. The van der Waals surface area contributed by atoms with Crippen LogP contribution in [0.5, 0.6) is 5.75 Å². The van der Waals surface area contributed by atoms with E-state index in [9.17, 15) is 8.42 Å². The molecule has 1 aromatic rings. The Bertz CT molecular complexity index is 600. The summed E-state index contributed by atoms with van der Waals surface area (Å²) in [6.07, 6.45) is 0.793. The number of guanidine groups is 1. The number of benzene rings is 1. The first-order valence-corrected chi connectivity index (χ1v) is 9.69. The molecular formula is C16H27N3O3S. The maximum absolute atomic E-state index is 11.5. The van der Waals surface area contributed by atoms with Gasteiger partial charge in [-0.2, -0.15) is 0 Å². The monoisotopic (exact) mass is 341 g/mol. The summed E-state index contributed by atoms with van der Waals surface area (Å²) in [4.78, 5) is 4.30. The van der Waals surface area contributed by atoms with E-state index in [1.165, 1.54) is 0 Å². The van der Waals surface area contributed by atoms with Gasteiger partial charge < -0.3 is 15.4 Å². The Labute approximate surface area is 139 Å².